The third-order valence-corrected chi connectivity index (χ3v) is 2.36. The molecule has 1 atom stereocenters. The number of carbonyl (C=O) groups excluding carboxylic acids is 1. The van der Waals surface area contributed by atoms with Gasteiger partial charge in [-0.1, -0.05) is 0 Å². The van der Waals surface area contributed by atoms with Crippen LogP contribution in [-0.2, 0) is 4.84 Å². The van der Waals surface area contributed by atoms with Crippen LogP contribution in [-0.4, -0.2) is 40.3 Å². The largest absolute Gasteiger partial charge is 0.389 e. The molecule has 2 heterocycles. The molecule has 1 aliphatic rings. The van der Waals surface area contributed by atoms with E-state index in [2.05, 4.69) is 20.9 Å². The topological polar surface area (TPSA) is 65.6 Å². The molecular weight excluding hydrogens is 252 g/mol. The van der Waals surface area contributed by atoms with E-state index in [1.807, 2.05) is 0 Å². The highest BCUT2D eigenvalue weighted by Crippen LogP contribution is 2.15. The molecule has 2 N–H and O–H groups in total. The summed E-state index contributed by atoms with van der Waals surface area (Å²) in [6.07, 6.45) is 1.08. The SMILES string of the molecule is O=C(c1cc(Br)c[nH]1)N1C[C@H](O)CO1. The number of H-pyrrole nitrogens is 1. The van der Waals surface area contributed by atoms with Gasteiger partial charge in [-0.2, -0.15) is 0 Å². The van der Waals surface area contributed by atoms with Crippen molar-refractivity contribution in [2.45, 2.75) is 6.10 Å². The van der Waals surface area contributed by atoms with E-state index in [9.17, 15) is 4.79 Å². The number of aliphatic hydroxyl groups is 1. The molecule has 0 radical (unpaired) electrons. The van der Waals surface area contributed by atoms with Crippen molar-refractivity contribution in [3.8, 4) is 0 Å². The Bertz CT molecular complexity index is 352. The van der Waals surface area contributed by atoms with Crippen molar-refractivity contribution in [1.29, 1.82) is 0 Å². The number of nitrogens with zero attached hydrogens (tertiary/aromatic N) is 1. The number of hydrogen-bond donors (Lipinski definition) is 2. The molecule has 0 bridgehead atoms. The highest BCUT2D eigenvalue weighted by atomic mass is 79.9. The highest BCUT2D eigenvalue weighted by molar-refractivity contribution is 9.10. The maximum atomic E-state index is 11.6. The van der Waals surface area contributed by atoms with Gasteiger partial charge in [0.15, 0.2) is 0 Å². The third-order valence-electron chi connectivity index (χ3n) is 1.90. The van der Waals surface area contributed by atoms with Crippen molar-refractivity contribution >= 4 is 21.8 Å². The molecule has 1 fully saturated rings. The molecule has 0 unspecified atom stereocenters. The van der Waals surface area contributed by atoms with Crippen LogP contribution < -0.4 is 0 Å². The van der Waals surface area contributed by atoms with Crippen LogP contribution in [0.3, 0.4) is 0 Å². The monoisotopic (exact) mass is 260 g/mol. The van der Waals surface area contributed by atoms with Crippen molar-refractivity contribution < 1.29 is 14.7 Å². The highest BCUT2D eigenvalue weighted by Gasteiger charge is 2.27. The first-order chi connectivity index (χ1) is 6.66. The van der Waals surface area contributed by atoms with E-state index in [4.69, 9.17) is 9.94 Å². The van der Waals surface area contributed by atoms with E-state index in [1.54, 1.807) is 12.3 Å². The maximum Gasteiger partial charge on any atom is 0.293 e. The summed E-state index contributed by atoms with van der Waals surface area (Å²) < 4.78 is 0.806. The minimum atomic E-state index is -0.586. The van der Waals surface area contributed by atoms with Crippen molar-refractivity contribution in [1.82, 2.24) is 10.0 Å². The summed E-state index contributed by atoms with van der Waals surface area (Å²) in [7, 11) is 0. The fraction of sp³-hybridized carbons (Fsp3) is 0.375. The first-order valence-electron chi connectivity index (χ1n) is 4.13. The van der Waals surface area contributed by atoms with Crippen molar-refractivity contribution in [3.63, 3.8) is 0 Å². The number of hydrogen-bond acceptors (Lipinski definition) is 3. The number of rotatable bonds is 1. The van der Waals surface area contributed by atoms with Gasteiger partial charge in [-0.25, -0.2) is 5.06 Å². The lowest BCUT2D eigenvalue weighted by Crippen LogP contribution is -2.28. The van der Waals surface area contributed by atoms with E-state index >= 15 is 0 Å². The second-order valence-corrected chi connectivity index (χ2v) is 3.96. The lowest BCUT2D eigenvalue weighted by atomic mass is 10.3. The van der Waals surface area contributed by atoms with Gasteiger partial charge in [-0.05, 0) is 22.0 Å². The number of β-amino-alcohol motifs (C(OH)–C–C–N with tert-alkyl or cyclic N) is 1. The predicted molar refractivity (Wildman–Crippen MR) is 51.5 cm³/mol. The summed E-state index contributed by atoms with van der Waals surface area (Å²) in [6.45, 7) is 0.392. The van der Waals surface area contributed by atoms with Crippen LogP contribution in [0.25, 0.3) is 0 Å². The summed E-state index contributed by atoms with van der Waals surface area (Å²) in [5.74, 6) is -0.271. The first kappa shape index (κ1) is 9.70. The minimum Gasteiger partial charge on any atom is -0.389 e. The van der Waals surface area contributed by atoms with Gasteiger partial charge in [0.25, 0.3) is 5.91 Å². The van der Waals surface area contributed by atoms with Crippen molar-refractivity contribution in [3.05, 3.63) is 22.4 Å². The molecule has 1 aliphatic heterocycles. The Morgan fingerprint density at radius 1 is 1.79 bits per heavy atom. The Hall–Kier alpha value is -0.850. The van der Waals surface area contributed by atoms with Crippen LogP contribution in [0.1, 0.15) is 10.5 Å². The zero-order chi connectivity index (χ0) is 10.1. The molecule has 1 saturated heterocycles. The van der Waals surface area contributed by atoms with Crippen LogP contribution >= 0.6 is 15.9 Å². The number of aromatic nitrogens is 1. The van der Waals surface area contributed by atoms with E-state index < -0.39 is 6.10 Å². The van der Waals surface area contributed by atoms with E-state index in [0.717, 1.165) is 9.54 Å². The van der Waals surface area contributed by atoms with Crippen molar-refractivity contribution in [2.24, 2.45) is 0 Å². The average molecular weight is 261 g/mol. The van der Waals surface area contributed by atoms with Gasteiger partial charge < -0.3 is 10.1 Å². The fourth-order valence-electron chi connectivity index (χ4n) is 1.24. The fourth-order valence-corrected chi connectivity index (χ4v) is 1.58. The van der Waals surface area contributed by atoms with E-state index in [1.165, 1.54) is 0 Å². The quantitative estimate of drug-likeness (QED) is 0.774. The average Bonchev–Trinajstić information content (AvgIpc) is 2.73. The zero-order valence-corrected chi connectivity index (χ0v) is 8.82. The molecule has 2 rings (SSSR count). The molecule has 14 heavy (non-hydrogen) atoms. The number of nitrogens with one attached hydrogen (secondary N) is 1. The number of hydroxylamine groups is 2. The van der Waals surface area contributed by atoms with Crippen LogP contribution in [0.4, 0.5) is 0 Å². The Kier molecular flexibility index (Phi) is 2.58. The Morgan fingerprint density at radius 3 is 3.07 bits per heavy atom. The summed E-state index contributed by atoms with van der Waals surface area (Å²) in [4.78, 5) is 19.4. The Balaban J connectivity index is 2.09. The number of carbonyl (C=O) groups is 1. The zero-order valence-electron chi connectivity index (χ0n) is 7.24. The number of halogens is 1. The minimum absolute atomic E-state index is 0.174. The molecular formula is C8H9BrN2O3. The lowest BCUT2D eigenvalue weighted by Gasteiger charge is -2.11. The summed E-state index contributed by atoms with van der Waals surface area (Å²) in [6, 6.07) is 1.66. The van der Waals surface area contributed by atoms with Crippen LogP contribution in [0.2, 0.25) is 0 Å². The lowest BCUT2D eigenvalue weighted by molar-refractivity contribution is -0.0782. The smallest absolute Gasteiger partial charge is 0.293 e. The molecule has 0 aromatic carbocycles. The van der Waals surface area contributed by atoms with Gasteiger partial charge in [-0.15, -0.1) is 0 Å². The molecule has 76 valence electrons. The standard InChI is InChI=1S/C8H9BrN2O3/c9-5-1-7(10-2-5)8(13)11-3-6(12)4-14-11/h1-2,6,10,12H,3-4H2/t6-/m0/s1. The van der Waals surface area contributed by atoms with Gasteiger partial charge in [0.2, 0.25) is 0 Å². The molecule has 1 amide bonds. The Labute approximate surface area is 88.7 Å². The number of aromatic amines is 1. The normalized spacial score (nSPS) is 21.6. The first-order valence-corrected chi connectivity index (χ1v) is 4.93. The molecule has 0 aliphatic carbocycles. The van der Waals surface area contributed by atoms with Gasteiger partial charge >= 0.3 is 0 Å². The van der Waals surface area contributed by atoms with E-state index in [-0.39, 0.29) is 19.1 Å². The molecule has 1 aromatic heterocycles. The second-order valence-electron chi connectivity index (χ2n) is 3.05. The number of amides is 1. The van der Waals surface area contributed by atoms with Crippen LogP contribution in [0.15, 0.2) is 16.7 Å². The second kappa shape index (κ2) is 3.72. The summed E-state index contributed by atoms with van der Waals surface area (Å²) >= 11 is 3.23. The predicted octanol–water partition coefficient (Wildman–Crippen LogP) is 0.525. The molecule has 5 nitrogen and oxygen atoms in total. The molecule has 1 aromatic rings. The molecule has 0 spiro atoms. The molecule has 0 saturated carbocycles. The van der Waals surface area contributed by atoms with Gasteiger partial charge in [0.1, 0.15) is 18.4 Å². The summed E-state index contributed by atoms with van der Waals surface area (Å²) in [5.41, 5.74) is 0.436. The third kappa shape index (κ3) is 1.82. The van der Waals surface area contributed by atoms with E-state index in [0.29, 0.717) is 5.69 Å². The van der Waals surface area contributed by atoms with Gasteiger partial charge in [-0.3, -0.25) is 9.63 Å². The van der Waals surface area contributed by atoms with Crippen molar-refractivity contribution in [2.75, 3.05) is 13.2 Å². The number of aliphatic hydroxyl groups excluding tert-OH is 1. The maximum absolute atomic E-state index is 11.6. The van der Waals surface area contributed by atoms with Gasteiger partial charge in [0.05, 0.1) is 6.54 Å². The van der Waals surface area contributed by atoms with Gasteiger partial charge in [0, 0.05) is 10.7 Å². The summed E-state index contributed by atoms with van der Waals surface area (Å²) in [5, 5.41) is 10.3. The van der Waals surface area contributed by atoms with Crippen LogP contribution in [0.5, 0.6) is 0 Å². The van der Waals surface area contributed by atoms with Crippen LogP contribution in [0, 0.1) is 0 Å². The Morgan fingerprint density at radius 2 is 2.57 bits per heavy atom. The molecule has 6 heteroatoms.